The van der Waals surface area contributed by atoms with E-state index in [4.69, 9.17) is 4.42 Å². The number of amides is 1. The van der Waals surface area contributed by atoms with Gasteiger partial charge in [-0.3, -0.25) is 4.79 Å². The van der Waals surface area contributed by atoms with E-state index in [-0.39, 0.29) is 11.7 Å². The summed E-state index contributed by atoms with van der Waals surface area (Å²) in [5.41, 5.74) is 3.26. The van der Waals surface area contributed by atoms with Crippen LogP contribution in [0.2, 0.25) is 0 Å². The van der Waals surface area contributed by atoms with E-state index in [0.717, 1.165) is 10.0 Å². The lowest BCUT2D eigenvalue weighted by molar-refractivity contribution is 0.0927. The Morgan fingerprint density at radius 3 is 2.82 bits per heavy atom. The SMILES string of the molecule is O=C(N/N=C/c1ccccc1Br)c1ccco1. The topological polar surface area (TPSA) is 54.6 Å². The zero-order valence-electron chi connectivity index (χ0n) is 8.76. The van der Waals surface area contributed by atoms with Gasteiger partial charge >= 0.3 is 5.91 Å². The summed E-state index contributed by atoms with van der Waals surface area (Å²) in [5, 5.41) is 3.84. The zero-order valence-corrected chi connectivity index (χ0v) is 10.3. The summed E-state index contributed by atoms with van der Waals surface area (Å²) in [6, 6.07) is 10.8. The van der Waals surface area contributed by atoms with Crippen molar-refractivity contribution in [1.82, 2.24) is 5.43 Å². The van der Waals surface area contributed by atoms with Crippen molar-refractivity contribution in [3.8, 4) is 0 Å². The number of rotatable bonds is 3. The molecule has 2 rings (SSSR count). The molecule has 0 fully saturated rings. The van der Waals surface area contributed by atoms with Gasteiger partial charge in [-0.25, -0.2) is 5.43 Å². The summed E-state index contributed by atoms with van der Waals surface area (Å²) < 4.78 is 5.84. The van der Waals surface area contributed by atoms with Crippen LogP contribution in [0.15, 0.2) is 56.7 Å². The van der Waals surface area contributed by atoms with Crippen molar-refractivity contribution in [3.05, 3.63) is 58.5 Å². The molecule has 5 heteroatoms. The summed E-state index contributed by atoms with van der Waals surface area (Å²) >= 11 is 3.38. The minimum Gasteiger partial charge on any atom is -0.459 e. The number of nitrogens with one attached hydrogen (secondary N) is 1. The lowest BCUT2D eigenvalue weighted by atomic mass is 10.2. The van der Waals surface area contributed by atoms with Crippen molar-refractivity contribution in [3.63, 3.8) is 0 Å². The third-order valence-electron chi connectivity index (χ3n) is 2.02. The molecule has 86 valence electrons. The predicted octanol–water partition coefficient (Wildman–Crippen LogP) is 2.81. The first-order chi connectivity index (χ1) is 8.27. The van der Waals surface area contributed by atoms with Crippen LogP contribution in [0.5, 0.6) is 0 Å². The first kappa shape index (κ1) is 11.6. The van der Waals surface area contributed by atoms with Crippen LogP contribution in [0.4, 0.5) is 0 Å². The molecule has 4 nitrogen and oxygen atoms in total. The average molecular weight is 293 g/mol. The second kappa shape index (κ2) is 5.45. The van der Waals surface area contributed by atoms with E-state index in [1.807, 2.05) is 24.3 Å². The Hall–Kier alpha value is -1.88. The average Bonchev–Trinajstić information content (AvgIpc) is 2.85. The highest BCUT2D eigenvalue weighted by molar-refractivity contribution is 9.10. The fourth-order valence-corrected chi connectivity index (χ4v) is 1.59. The van der Waals surface area contributed by atoms with Crippen LogP contribution in [0.3, 0.4) is 0 Å². The van der Waals surface area contributed by atoms with E-state index in [1.54, 1.807) is 18.3 Å². The third-order valence-corrected chi connectivity index (χ3v) is 2.74. The summed E-state index contributed by atoms with van der Waals surface area (Å²) in [6.07, 6.45) is 3.00. The summed E-state index contributed by atoms with van der Waals surface area (Å²) in [7, 11) is 0. The Kier molecular flexibility index (Phi) is 3.72. The Morgan fingerprint density at radius 2 is 2.12 bits per heavy atom. The van der Waals surface area contributed by atoms with Gasteiger partial charge in [0.1, 0.15) is 0 Å². The van der Waals surface area contributed by atoms with Crippen LogP contribution >= 0.6 is 15.9 Å². The standard InChI is InChI=1S/C12H9BrN2O2/c13-10-5-2-1-4-9(10)8-14-15-12(16)11-6-3-7-17-11/h1-8H,(H,15,16)/b14-8+. The lowest BCUT2D eigenvalue weighted by Crippen LogP contribution is -2.16. The van der Waals surface area contributed by atoms with Gasteiger partial charge in [0, 0.05) is 10.0 Å². The number of furan rings is 1. The fraction of sp³-hybridized carbons (Fsp3) is 0. The number of nitrogens with zero attached hydrogens (tertiary/aromatic N) is 1. The van der Waals surface area contributed by atoms with Gasteiger partial charge in [0.15, 0.2) is 5.76 Å². The molecule has 0 aliphatic carbocycles. The molecule has 0 bridgehead atoms. The van der Waals surface area contributed by atoms with Gasteiger partial charge in [0.25, 0.3) is 0 Å². The molecule has 0 saturated carbocycles. The van der Waals surface area contributed by atoms with Crippen molar-refractivity contribution >= 4 is 28.1 Å². The first-order valence-electron chi connectivity index (χ1n) is 4.89. The molecule has 0 aliphatic heterocycles. The van der Waals surface area contributed by atoms with Gasteiger partial charge in [-0.2, -0.15) is 5.10 Å². The number of hydrogen-bond donors (Lipinski definition) is 1. The quantitative estimate of drug-likeness (QED) is 0.699. The largest absolute Gasteiger partial charge is 0.459 e. The van der Waals surface area contributed by atoms with Gasteiger partial charge in [-0.15, -0.1) is 0 Å². The van der Waals surface area contributed by atoms with E-state index in [1.165, 1.54) is 6.26 Å². The van der Waals surface area contributed by atoms with Gasteiger partial charge in [-0.05, 0) is 18.2 Å². The number of carbonyl (C=O) groups is 1. The Morgan fingerprint density at radius 1 is 1.29 bits per heavy atom. The Balaban J connectivity index is 1.99. The maximum absolute atomic E-state index is 11.5. The molecule has 0 radical (unpaired) electrons. The number of carbonyl (C=O) groups excluding carboxylic acids is 1. The van der Waals surface area contributed by atoms with Crippen molar-refractivity contribution in [2.24, 2.45) is 5.10 Å². The highest BCUT2D eigenvalue weighted by atomic mass is 79.9. The molecule has 0 saturated heterocycles. The molecule has 2 aromatic rings. The molecule has 0 unspecified atom stereocenters. The molecule has 1 heterocycles. The fourth-order valence-electron chi connectivity index (χ4n) is 1.20. The molecule has 0 atom stereocenters. The number of benzene rings is 1. The molecular weight excluding hydrogens is 284 g/mol. The third kappa shape index (κ3) is 3.04. The van der Waals surface area contributed by atoms with Crippen LogP contribution in [-0.4, -0.2) is 12.1 Å². The van der Waals surface area contributed by atoms with Gasteiger partial charge in [0.2, 0.25) is 0 Å². The van der Waals surface area contributed by atoms with Crippen LogP contribution < -0.4 is 5.43 Å². The second-order valence-corrected chi connectivity index (χ2v) is 4.05. The van der Waals surface area contributed by atoms with Crippen LogP contribution in [-0.2, 0) is 0 Å². The highest BCUT2D eigenvalue weighted by Crippen LogP contribution is 2.13. The first-order valence-corrected chi connectivity index (χ1v) is 5.68. The molecule has 1 N–H and O–H groups in total. The molecule has 1 aromatic heterocycles. The van der Waals surface area contributed by atoms with E-state index in [2.05, 4.69) is 26.5 Å². The van der Waals surface area contributed by atoms with Crippen LogP contribution in [0.25, 0.3) is 0 Å². The van der Waals surface area contributed by atoms with E-state index >= 15 is 0 Å². The highest BCUT2D eigenvalue weighted by Gasteiger charge is 2.05. The number of hydrogen-bond acceptors (Lipinski definition) is 3. The van der Waals surface area contributed by atoms with E-state index in [9.17, 15) is 4.79 Å². The van der Waals surface area contributed by atoms with Crippen molar-refractivity contribution in [2.45, 2.75) is 0 Å². The van der Waals surface area contributed by atoms with Gasteiger partial charge < -0.3 is 4.42 Å². The van der Waals surface area contributed by atoms with Gasteiger partial charge in [-0.1, -0.05) is 34.1 Å². The maximum Gasteiger partial charge on any atom is 0.307 e. The predicted molar refractivity (Wildman–Crippen MR) is 67.9 cm³/mol. The molecule has 1 amide bonds. The van der Waals surface area contributed by atoms with E-state index < -0.39 is 0 Å². The summed E-state index contributed by atoms with van der Waals surface area (Å²) in [5.74, 6) is -0.146. The minimum absolute atomic E-state index is 0.231. The maximum atomic E-state index is 11.5. The van der Waals surface area contributed by atoms with Crippen molar-refractivity contribution in [1.29, 1.82) is 0 Å². The minimum atomic E-state index is -0.377. The van der Waals surface area contributed by atoms with Crippen LogP contribution in [0, 0.1) is 0 Å². The molecule has 0 aliphatic rings. The monoisotopic (exact) mass is 292 g/mol. The van der Waals surface area contributed by atoms with Crippen molar-refractivity contribution < 1.29 is 9.21 Å². The summed E-state index contributed by atoms with van der Waals surface area (Å²) in [6.45, 7) is 0. The number of halogens is 1. The van der Waals surface area contributed by atoms with Gasteiger partial charge in [0.05, 0.1) is 12.5 Å². The molecule has 0 spiro atoms. The van der Waals surface area contributed by atoms with E-state index in [0.29, 0.717) is 0 Å². The smallest absolute Gasteiger partial charge is 0.307 e. The molecular formula is C12H9BrN2O2. The Labute approximate surface area is 106 Å². The molecule has 17 heavy (non-hydrogen) atoms. The van der Waals surface area contributed by atoms with Crippen molar-refractivity contribution in [2.75, 3.05) is 0 Å². The number of hydrazone groups is 1. The van der Waals surface area contributed by atoms with Crippen LogP contribution in [0.1, 0.15) is 16.1 Å². The second-order valence-electron chi connectivity index (χ2n) is 3.20. The zero-order chi connectivity index (χ0) is 12.1. The summed E-state index contributed by atoms with van der Waals surface area (Å²) in [4.78, 5) is 11.5. The normalized spacial score (nSPS) is 10.6. The Bertz CT molecular complexity index is 535. The molecule has 1 aromatic carbocycles. The lowest BCUT2D eigenvalue weighted by Gasteiger charge is -1.97.